The molecule has 0 saturated carbocycles. The second-order valence-corrected chi connectivity index (χ2v) is 7.49. The summed E-state index contributed by atoms with van der Waals surface area (Å²) < 4.78 is 5.33. The van der Waals surface area contributed by atoms with Gasteiger partial charge in [0.05, 0.1) is 12.8 Å². The van der Waals surface area contributed by atoms with Gasteiger partial charge in [-0.05, 0) is 67.3 Å². The number of benzene rings is 2. The lowest BCUT2D eigenvalue weighted by atomic mass is 10.0. The fourth-order valence-electron chi connectivity index (χ4n) is 2.68. The van der Waals surface area contributed by atoms with Crippen molar-refractivity contribution in [2.75, 3.05) is 6.61 Å². The van der Waals surface area contributed by atoms with E-state index in [1.807, 2.05) is 20.8 Å². The number of ether oxygens (including phenoxy) is 1. The summed E-state index contributed by atoms with van der Waals surface area (Å²) in [4.78, 5) is 25.1. The molecule has 0 saturated heterocycles. The molecule has 1 unspecified atom stereocenters. The largest absolute Gasteiger partial charge is 0.504 e. The minimum absolute atomic E-state index is 0.0277. The standard InChI is InChI=1S/C22H26ClN3O4/c1-4-30-20-12-15(5-10-19(20)27)13-24-26-22(29)18(11-14(2)3)25-21(28)16-6-8-17(23)9-7-16/h5-10,12-14,18,27H,4,11H2,1-3H3,(H,25,28)(H,26,29). The Balaban J connectivity index is 2.04. The number of hydrogen-bond donors (Lipinski definition) is 3. The molecule has 0 spiro atoms. The maximum atomic E-state index is 12.6. The Morgan fingerprint density at radius 3 is 2.53 bits per heavy atom. The predicted octanol–water partition coefficient (Wildman–Crippen LogP) is 3.74. The molecule has 2 rings (SSSR count). The number of rotatable bonds is 9. The number of carbonyl (C=O) groups is 2. The molecule has 2 aromatic rings. The molecule has 160 valence electrons. The highest BCUT2D eigenvalue weighted by Crippen LogP contribution is 2.26. The number of amides is 2. The van der Waals surface area contributed by atoms with Crippen LogP contribution in [0.15, 0.2) is 47.6 Å². The third-order valence-corrected chi connectivity index (χ3v) is 4.36. The molecule has 3 N–H and O–H groups in total. The maximum Gasteiger partial charge on any atom is 0.262 e. The summed E-state index contributed by atoms with van der Waals surface area (Å²) in [5, 5.41) is 17.0. The van der Waals surface area contributed by atoms with Gasteiger partial charge in [-0.3, -0.25) is 9.59 Å². The van der Waals surface area contributed by atoms with E-state index in [1.54, 1.807) is 36.4 Å². The Labute approximate surface area is 181 Å². The van der Waals surface area contributed by atoms with Crippen LogP contribution in [-0.4, -0.2) is 35.8 Å². The number of phenols is 1. The van der Waals surface area contributed by atoms with Crippen LogP contribution < -0.4 is 15.5 Å². The van der Waals surface area contributed by atoms with E-state index in [2.05, 4.69) is 15.8 Å². The molecule has 1 atom stereocenters. The molecule has 0 aliphatic carbocycles. The van der Waals surface area contributed by atoms with Gasteiger partial charge in [-0.25, -0.2) is 5.43 Å². The lowest BCUT2D eigenvalue weighted by molar-refractivity contribution is -0.123. The van der Waals surface area contributed by atoms with Gasteiger partial charge in [-0.2, -0.15) is 5.10 Å². The topological polar surface area (TPSA) is 100 Å². The highest BCUT2D eigenvalue weighted by atomic mass is 35.5. The van der Waals surface area contributed by atoms with E-state index >= 15 is 0 Å². The summed E-state index contributed by atoms with van der Waals surface area (Å²) in [6.45, 7) is 6.15. The first kappa shape index (κ1) is 23.2. The Morgan fingerprint density at radius 1 is 1.20 bits per heavy atom. The molecule has 0 aliphatic rings. The minimum Gasteiger partial charge on any atom is -0.504 e. The first-order valence-corrected chi connectivity index (χ1v) is 10.0. The second kappa shape index (κ2) is 11.2. The van der Waals surface area contributed by atoms with Crippen molar-refractivity contribution in [3.63, 3.8) is 0 Å². The summed E-state index contributed by atoms with van der Waals surface area (Å²) >= 11 is 5.85. The summed E-state index contributed by atoms with van der Waals surface area (Å²) in [6.07, 6.45) is 1.89. The van der Waals surface area contributed by atoms with E-state index in [0.717, 1.165) is 0 Å². The molecule has 8 heteroatoms. The third kappa shape index (κ3) is 7.08. The average molecular weight is 432 g/mol. The van der Waals surface area contributed by atoms with E-state index in [9.17, 15) is 14.7 Å². The van der Waals surface area contributed by atoms with Gasteiger partial charge in [0.1, 0.15) is 6.04 Å². The molecule has 30 heavy (non-hydrogen) atoms. The normalized spacial score (nSPS) is 12.0. The van der Waals surface area contributed by atoms with Crippen molar-refractivity contribution in [2.45, 2.75) is 33.2 Å². The Hall–Kier alpha value is -3.06. The summed E-state index contributed by atoms with van der Waals surface area (Å²) in [7, 11) is 0. The number of halogens is 1. The lowest BCUT2D eigenvalue weighted by Gasteiger charge is -2.19. The number of hydrazone groups is 1. The van der Waals surface area contributed by atoms with Crippen molar-refractivity contribution in [1.82, 2.24) is 10.7 Å². The fourth-order valence-corrected chi connectivity index (χ4v) is 2.80. The van der Waals surface area contributed by atoms with Gasteiger partial charge in [0.25, 0.3) is 11.8 Å². The van der Waals surface area contributed by atoms with Crippen LogP contribution in [0.5, 0.6) is 11.5 Å². The molecule has 7 nitrogen and oxygen atoms in total. The Bertz CT molecular complexity index is 898. The Morgan fingerprint density at radius 2 is 1.90 bits per heavy atom. The predicted molar refractivity (Wildman–Crippen MR) is 117 cm³/mol. The van der Waals surface area contributed by atoms with Gasteiger partial charge in [-0.1, -0.05) is 25.4 Å². The first-order chi connectivity index (χ1) is 14.3. The number of nitrogens with one attached hydrogen (secondary N) is 2. The number of nitrogens with zero attached hydrogens (tertiary/aromatic N) is 1. The molecular formula is C22H26ClN3O4. The number of aromatic hydroxyl groups is 1. The molecule has 2 aromatic carbocycles. The summed E-state index contributed by atoms with van der Waals surface area (Å²) in [5.41, 5.74) is 3.51. The van der Waals surface area contributed by atoms with Crippen LogP contribution in [0, 0.1) is 5.92 Å². The van der Waals surface area contributed by atoms with Gasteiger partial charge in [0.15, 0.2) is 11.5 Å². The van der Waals surface area contributed by atoms with Gasteiger partial charge in [-0.15, -0.1) is 0 Å². The zero-order valence-electron chi connectivity index (χ0n) is 17.2. The number of phenolic OH excluding ortho intramolecular Hbond substituents is 1. The SMILES string of the molecule is CCOc1cc(C=NNC(=O)C(CC(C)C)NC(=O)c2ccc(Cl)cc2)ccc1O. The van der Waals surface area contributed by atoms with Gasteiger partial charge < -0.3 is 15.2 Å². The van der Waals surface area contributed by atoms with Crippen molar-refractivity contribution < 1.29 is 19.4 Å². The van der Waals surface area contributed by atoms with E-state index in [-0.39, 0.29) is 17.6 Å². The zero-order valence-corrected chi connectivity index (χ0v) is 17.9. The highest BCUT2D eigenvalue weighted by Gasteiger charge is 2.22. The van der Waals surface area contributed by atoms with Crippen molar-refractivity contribution in [1.29, 1.82) is 0 Å². The van der Waals surface area contributed by atoms with Crippen molar-refractivity contribution in [3.05, 3.63) is 58.6 Å². The van der Waals surface area contributed by atoms with Crippen LogP contribution in [0.25, 0.3) is 0 Å². The van der Waals surface area contributed by atoms with E-state index < -0.39 is 11.9 Å². The van der Waals surface area contributed by atoms with E-state index in [1.165, 1.54) is 12.3 Å². The quantitative estimate of drug-likeness (QED) is 0.416. The van der Waals surface area contributed by atoms with Crippen LogP contribution in [0.4, 0.5) is 0 Å². The van der Waals surface area contributed by atoms with Crippen molar-refractivity contribution >= 4 is 29.6 Å². The molecule has 0 fully saturated rings. The summed E-state index contributed by atoms with van der Waals surface area (Å²) in [6, 6.07) is 10.4. The second-order valence-electron chi connectivity index (χ2n) is 7.06. The van der Waals surface area contributed by atoms with Crippen molar-refractivity contribution in [2.24, 2.45) is 11.0 Å². The smallest absolute Gasteiger partial charge is 0.262 e. The number of hydrogen-bond acceptors (Lipinski definition) is 5. The molecule has 0 bridgehead atoms. The molecule has 0 aromatic heterocycles. The number of carbonyl (C=O) groups excluding carboxylic acids is 2. The van der Waals surface area contributed by atoms with E-state index in [0.29, 0.717) is 34.9 Å². The third-order valence-electron chi connectivity index (χ3n) is 4.11. The van der Waals surface area contributed by atoms with Crippen LogP contribution in [0.2, 0.25) is 5.02 Å². The average Bonchev–Trinajstić information content (AvgIpc) is 2.70. The van der Waals surface area contributed by atoms with Gasteiger partial charge in [0.2, 0.25) is 0 Å². The lowest BCUT2D eigenvalue weighted by Crippen LogP contribution is -2.46. The summed E-state index contributed by atoms with van der Waals surface area (Å²) in [5.74, 6) is -0.246. The molecular weight excluding hydrogens is 406 g/mol. The van der Waals surface area contributed by atoms with Crippen LogP contribution >= 0.6 is 11.6 Å². The molecule has 0 aliphatic heterocycles. The highest BCUT2D eigenvalue weighted by molar-refractivity contribution is 6.30. The van der Waals surface area contributed by atoms with Crippen molar-refractivity contribution in [3.8, 4) is 11.5 Å². The van der Waals surface area contributed by atoms with Crippen LogP contribution in [0.3, 0.4) is 0 Å². The van der Waals surface area contributed by atoms with Crippen LogP contribution in [0.1, 0.15) is 43.1 Å². The molecule has 2 amide bonds. The monoisotopic (exact) mass is 431 g/mol. The van der Waals surface area contributed by atoms with Gasteiger partial charge in [0, 0.05) is 10.6 Å². The maximum absolute atomic E-state index is 12.6. The minimum atomic E-state index is -0.746. The Kier molecular flexibility index (Phi) is 8.68. The van der Waals surface area contributed by atoms with Gasteiger partial charge >= 0.3 is 0 Å². The molecule has 0 heterocycles. The molecule has 0 radical (unpaired) electrons. The van der Waals surface area contributed by atoms with E-state index in [4.69, 9.17) is 16.3 Å². The fraction of sp³-hybridized carbons (Fsp3) is 0.318. The van der Waals surface area contributed by atoms with Crippen LogP contribution in [-0.2, 0) is 4.79 Å². The first-order valence-electron chi connectivity index (χ1n) is 9.65. The zero-order chi connectivity index (χ0) is 22.1.